The van der Waals surface area contributed by atoms with Crippen molar-refractivity contribution in [2.45, 2.75) is 18.5 Å². The summed E-state index contributed by atoms with van der Waals surface area (Å²) in [5.74, 6) is -0.303. The van der Waals surface area contributed by atoms with Crippen LogP contribution in [0.15, 0.2) is 40.3 Å². The summed E-state index contributed by atoms with van der Waals surface area (Å²) >= 11 is 1.21. The molecule has 0 atom stereocenters. The monoisotopic (exact) mass is 372 g/mol. The van der Waals surface area contributed by atoms with Crippen LogP contribution in [0.25, 0.3) is 5.78 Å². The van der Waals surface area contributed by atoms with Crippen LogP contribution >= 0.6 is 11.8 Å². The van der Waals surface area contributed by atoms with Gasteiger partial charge in [-0.05, 0) is 30.7 Å². The fraction of sp³-hybridized carbons (Fsp3) is 0.188. The van der Waals surface area contributed by atoms with Gasteiger partial charge in [0.2, 0.25) is 17.6 Å². The van der Waals surface area contributed by atoms with E-state index >= 15 is 0 Å². The van der Waals surface area contributed by atoms with Crippen LogP contribution in [-0.2, 0) is 11.2 Å². The van der Waals surface area contributed by atoms with Crippen LogP contribution < -0.4 is 16.6 Å². The molecule has 2 aromatic heterocycles. The van der Waals surface area contributed by atoms with Gasteiger partial charge >= 0.3 is 0 Å². The van der Waals surface area contributed by atoms with Crippen LogP contribution in [0, 0.1) is 0 Å². The summed E-state index contributed by atoms with van der Waals surface area (Å²) in [5, 5.41) is 11.2. The summed E-state index contributed by atoms with van der Waals surface area (Å²) in [5.41, 5.74) is 6.63. The Hall–Kier alpha value is -3.14. The number of benzene rings is 1. The van der Waals surface area contributed by atoms with Crippen molar-refractivity contribution < 1.29 is 9.59 Å². The first-order valence-corrected chi connectivity index (χ1v) is 8.76. The predicted octanol–water partition coefficient (Wildman–Crippen LogP) is 0.810. The van der Waals surface area contributed by atoms with E-state index in [0.717, 1.165) is 5.69 Å². The third-order valence-corrected chi connectivity index (χ3v) is 4.53. The van der Waals surface area contributed by atoms with Crippen molar-refractivity contribution in [2.24, 2.45) is 5.73 Å². The molecule has 0 aliphatic heterocycles. The van der Waals surface area contributed by atoms with Gasteiger partial charge in [0, 0.05) is 23.0 Å². The van der Waals surface area contributed by atoms with Gasteiger partial charge in [0.25, 0.3) is 5.56 Å². The quantitative estimate of drug-likeness (QED) is 0.548. The lowest BCUT2D eigenvalue weighted by molar-refractivity contribution is -0.113. The van der Waals surface area contributed by atoms with E-state index in [1.54, 1.807) is 28.7 Å². The van der Waals surface area contributed by atoms with Crippen LogP contribution in [0.2, 0.25) is 0 Å². The number of fused-ring (bicyclic) bond motifs is 1. The molecule has 0 unspecified atom stereocenters. The smallest absolute Gasteiger partial charge is 0.252 e. The van der Waals surface area contributed by atoms with Gasteiger partial charge in [-0.15, -0.1) is 10.2 Å². The van der Waals surface area contributed by atoms with E-state index in [-0.39, 0.29) is 17.2 Å². The van der Waals surface area contributed by atoms with Crippen molar-refractivity contribution in [3.63, 3.8) is 0 Å². The predicted molar refractivity (Wildman–Crippen MR) is 97.3 cm³/mol. The molecule has 0 aliphatic rings. The van der Waals surface area contributed by atoms with Crippen LogP contribution in [0.1, 0.15) is 23.0 Å². The van der Waals surface area contributed by atoms with E-state index < -0.39 is 5.91 Å². The zero-order chi connectivity index (χ0) is 18.7. The molecule has 4 N–H and O–H groups in total. The number of hydrogen-bond acceptors (Lipinski definition) is 6. The van der Waals surface area contributed by atoms with Crippen molar-refractivity contribution in [2.75, 3.05) is 11.1 Å². The zero-order valence-corrected chi connectivity index (χ0v) is 14.7. The van der Waals surface area contributed by atoms with E-state index in [0.29, 0.717) is 28.6 Å². The Morgan fingerprint density at radius 3 is 2.65 bits per heavy atom. The number of nitrogens with two attached hydrogens (primary N) is 1. The average Bonchev–Trinajstić information content (AvgIpc) is 3.02. The second-order valence-electron chi connectivity index (χ2n) is 5.40. The molecule has 2 amide bonds. The molecule has 0 radical (unpaired) electrons. The standard InChI is InChI=1S/C16H16N6O3S/c1-2-11-7-12(23)19-15-20-21-16(22(11)15)26-8-13(24)18-10-5-3-9(4-6-10)14(17)25/h3-7H,2,8H2,1H3,(H2,17,25)(H,18,24)(H,19,20,23). The van der Waals surface area contributed by atoms with Gasteiger partial charge in [0.1, 0.15) is 0 Å². The number of aromatic amines is 1. The largest absolute Gasteiger partial charge is 0.366 e. The topological polar surface area (TPSA) is 135 Å². The van der Waals surface area contributed by atoms with Crippen LogP contribution in [-0.4, -0.2) is 37.1 Å². The molecule has 134 valence electrons. The summed E-state index contributed by atoms with van der Waals surface area (Å²) in [7, 11) is 0. The maximum absolute atomic E-state index is 12.1. The lowest BCUT2D eigenvalue weighted by Gasteiger charge is -2.06. The molecule has 0 bridgehead atoms. The Labute approximate surface area is 152 Å². The van der Waals surface area contributed by atoms with Crippen molar-refractivity contribution >= 4 is 35.0 Å². The highest BCUT2D eigenvalue weighted by atomic mass is 32.2. The third kappa shape index (κ3) is 3.75. The number of aromatic nitrogens is 4. The summed E-state index contributed by atoms with van der Waals surface area (Å²) in [6, 6.07) is 7.78. The zero-order valence-electron chi connectivity index (χ0n) is 13.9. The summed E-state index contributed by atoms with van der Waals surface area (Å²) < 4.78 is 1.72. The number of nitrogens with one attached hydrogen (secondary N) is 2. The molecular weight excluding hydrogens is 356 g/mol. The fourth-order valence-electron chi connectivity index (χ4n) is 2.37. The number of anilines is 1. The number of carbonyl (C=O) groups excluding carboxylic acids is 2. The van der Waals surface area contributed by atoms with Gasteiger partial charge in [-0.25, -0.2) is 0 Å². The summed E-state index contributed by atoms with van der Waals surface area (Å²) in [4.78, 5) is 37.4. The Kier molecular flexibility index (Phi) is 5.03. The molecule has 26 heavy (non-hydrogen) atoms. The maximum atomic E-state index is 12.1. The number of thioether (sulfide) groups is 1. The van der Waals surface area contributed by atoms with Crippen LogP contribution in [0.4, 0.5) is 5.69 Å². The Bertz CT molecular complexity index is 1020. The molecule has 1 aromatic carbocycles. The summed E-state index contributed by atoms with van der Waals surface area (Å²) in [6.45, 7) is 1.92. The van der Waals surface area contributed by atoms with E-state index in [9.17, 15) is 14.4 Å². The second kappa shape index (κ2) is 7.40. The Balaban J connectivity index is 1.69. The molecule has 0 aliphatic carbocycles. The highest BCUT2D eigenvalue weighted by Gasteiger charge is 2.13. The molecule has 3 rings (SSSR count). The first-order valence-electron chi connectivity index (χ1n) is 7.77. The average molecular weight is 372 g/mol. The third-order valence-electron chi connectivity index (χ3n) is 3.60. The van der Waals surface area contributed by atoms with Gasteiger partial charge in [0.05, 0.1) is 5.75 Å². The van der Waals surface area contributed by atoms with Gasteiger partial charge in [-0.1, -0.05) is 18.7 Å². The number of carbonyl (C=O) groups is 2. The highest BCUT2D eigenvalue weighted by molar-refractivity contribution is 7.99. The molecule has 0 saturated carbocycles. The minimum Gasteiger partial charge on any atom is -0.366 e. The molecule has 0 spiro atoms. The SMILES string of the molecule is CCc1cc(=O)[nH]c2nnc(SCC(=O)Nc3ccc(C(N)=O)cc3)n12. The van der Waals surface area contributed by atoms with Gasteiger partial charge < -0.3 is 11.1 Å². The van der Waals surface area contributed by atoms with Crippen LogP contribution in [0.5, 0.6) is 0 Å². The molecule has 3 aromatic rings. The number of primary amides is 1. The molecule has 2 heterocycles. The van der Waals surface area contributed by atoms with Gasteiger partial charge in [-0.3, -0.25) is 23.8 Å². The van der Waals surface area contributed by atoms with Crippen molar-refractivity contribution in [1.29, 1.82) is 0 Å². The molecular formula is C16H16N6O3S. The van der Waals surface area contributed by atoms with Crippen molar-refractivity contribution in [3.05, 3.63) is 51.9 Å². The minimum absolute atomic E-state index is 0.112. The second-order valence-corrected chi connectivity index (χ2v) is 6.34. The lowest BCUT2D eigenvalue weighted by atomic mass is 10.2. The molecule has 0 saturated heterocycles. The minimum atomic E-state index is -0.526. The van der Waals surface area contributed by atoms with Crippen LogP contribution in [0.3, 0.4) is 0 Å². The van der Waals surface area contributed by atoms with E-state index in [1.165, 1.54) is 17.8 Å². The van der Waals surface area contributed by atoms with E-state index in [1.807, 2.05) is 6.92 Å². The number of amides is 2. The first-order chi connectivity index (χ1) is 12.5. The Morgan fingerprint density at radius 2 is 2.00 bits per heavy atom. The molecule has 10 heteroatoms. The number of H-pyrrole nitrogens is 1. The summed E-state index contributed by atoms with van der Waals surface area (Å²) in [6.07, 6.45) is 0.629. The lowest BCUT2D eigenvalue weighted by Crippen LogP contribution is -2.15. The number of hydrogen-bond donors (Lipinski definition) is 3. The number of nitrogens with zero attached hydrogens (tertiary/aromatic N) is 3. The Morgan fingerprint density at radius 1 is 1.27 bits per heavy atom. The maximum Gasteiger partial charge on any atom is 0.252 e. The van der Waals surface area contributed by atoms with Crippen molar-refractivity contribution in [3.8, 4) is 0 Å². The van der Waals surface area contributed by atoms with Gasteiger partial charge in [0.15, 0.2) is 5.16 Å². The highest BCUT2D eigenvalue weighted by Crippen LogP contribution is 2.18. The van der Waals surface area contributed by atoms with E-state index in [4.69, 9.17) is 5.73 Å². The van der Waals surface area contributed by atoms with E-state index in [2.05, 4.69) is 20.5 Å². The molecule has 9 nitrogen and oxygen atoms in total. The fourth-order valence-corrected chi connectivity index (χ4v) is 3.13. The van der Waals surface area contributed by atoms with Gasteiger partial charge in [-0.2, -0.15) is 0 Å². The molecule has 0 fully saturated rings. The van der Waals surface area contributed by atoms with Crippen molar-refractivity contribution in [1.82, 2.24) is 19.6 Å². The normalized spacial score (nSPS) is 10.8. The first kappa shape index (κ1) is 17.7. The number of aryl methyl sites for hydroxylation is 1. The number of rotatable bonds is 6.